The Morgan fingerprint density at radius 3 is 2.48 bits per heavy atom. The van der Waals surface area contributed by atoms with Crippen molar-refractivity contribution in [3.63, 3.8) is 0 Å². The second-order valence-electron chi connectivity index (χ2n) is 5.58. The van der Waals surface area contributed by atoms with Crippen LogP contribution in [0.1, 0.15) is 20.7 Å². The molecule has 0 unspecified atom stereocenters. The molecule has 11 heteroatoms. The monoisotopic (exact) mass is 421 g/mol. The van der Waals surface area contributed by atoms with Crippen molar-refractivity contribution in [3.8, 4) is 0 Å². The van der Waals surface area contributed by atoms with Gasteiger partial charge in [-0.25, -0.2) is 12.7 Å². The number of carbonyl (C=O) groups is 2. The number of nitrogens with zero attached hydrogens (tertiary/aromatic N) is 1. The largest absolute Gasteiger partial charge is 0.383 e. The molecule has 0 aromatic heterocycles. The highest BCUT2D eigenvalue weighted by Crippen LogP contribution is 2.30. The fourth-order valence-corrected chi connectivity index (χ4v) is 4.06. The summed E-state index contributed by atoms with van der Waals surface area (Å²) in [5.41, 5.74) is 0.254. The molecule has 1 aromatic rings. The number of nitrogens with one attached hydrogen (secondary N) is 2. The third kappa shape index (κ3) is 5.39. The molecule has 2 rings (SSSR count). The van der Waals surface area contributed by atoms with Crippen molar-refractivity contribution < 1.29 is 27.5 Å². The Hall–Kier alpha value is -1.72. The van der Waals surface area contributed by atoms with Gasteiger partial charge in [0.15, 0.2) is 0 Å². The van der Waals surface area contributed by atoms with Crippen LogP contribution in [0.5, 0.6) is 0 Å². The van der Waals surface area contributed by atoms with E-state index in [1.54, 1.807) is 7.11 Å². The minimum atomic E-state index is -3.96. The van der Waals surface area contributed by atoms with Crippen molar-refractivity contribution in [1.82, 2.24) is 14.9 Å². The first kappa shape index (κ1) is 23.3. The summed E-state index contributed by atoms with van der Waals surface area (Å²) < 4.78 is 35.6. The number of sulfonamides is 1. The van der Waals surface area contributed by atoms with Crippen molar-refractivity contribution in [2.75, 3.05) is 53.6 Å². The van der Waals surface area contributed by atoms with Gasteiger partial charge in [-0.1, -0.05) is 0 Å². The van der Waals surface area contributed by atoms with Crippen LogP contribution in [0, 0.1) is 0 Å². The zero-order valence-corrected chi connectivity index (χ0v) is 16.8. The van der Waals surface area contributed by atoms with Crippen LogP contribution in [-0.4, -0.2) is 78.1 Å². The summed E-state index contributed by atoms with van der Waals surface area (Å²) in [6, 6.07) is 4.05. The molecular formula is C16H24ClN3O6S. The summed E-state index contributed by atoms with van der Waals surface area (Å²) in [6.45, 7) is 2.21. The first-order valence-corrected chi connectivity index (χ1v) is 9.55. The minimum absolute atomic E-state index is 0. The van der Waals surface area contributed by atoms with Gasteiger partial charge in [0.2, 0.25) is 0 Å². The van der Waals surface area contributed by atoms with Gasteiger partial charge in [-0.3, -0.25) is 9.59 Å². The van der Waals surface area contributed by atoms with E-state index in [-0.39, 0.29) is 41.6 Å². The average molecular weight is 422 g/mol. The Labute approximate surface area is 164 Å². The molecule has 9 nitrogen and oxygen atoms in total. The Morgan fingerprint density at radius 1 is 1.11 bits per heavy atom. The first-order chi connectivity index (χ1) is 12.4. The van der Waals surface area contributed by atoms with Crippen molar-refractivity contribution in [1.29, 1.82) is 0 Å². The van der Waals surface area contributed by atoms with E-state index >= 15 is 0 Å². The molecule has 152 valence electrons. The molecule has 1 heterocycles. The summed E-state index contributed by atoms with van der Waals surface area (Å²) in [5.74, 6) is -1.01. The second-order valence-corrected chi connectivity index (χ2v) is 7.42. The van der Waals surface area contributed by atoms with Crippen molar-refractivity contribution in [2.45, 2.75) is 4.90 Å². The highest BCUT2D eigenvalue weighted by molar-refractivity contribution is 7.90. The van der Waals surface area contributed by atoms with Crippen LogP contribution < -0.4 is 10.6 Å². The number of hydrogen-bond donors (Lipinski definition) is 2. The van der Waals surface area contributed by atoms with Crippen molar-refractivity contribution >= 4 is 34.2 Å². The van der Waals surface area contributed by atoms with Gasteiger partial charge >= 0.3 is 0 Å². The quantitative estimate of drug-likeness (QED) is 0.505. The molecule has 0 saturated carbocycles. The molecule has 0 bridgehead atoms. The van der Waals surface area contributed by atoms with Gasteiger partial charge in [-0.05, 0) is 18.2 Å². The van der Waals surface area contributed by atoms with E-state index in [2.05, 4.69) is 10.6 Å². The lowest BCUT2D eigenvalue weighted by Crippen LogP contribution is -2.33. The third-order valence-electron chi connectivity index (χ3n) is 3.84. The number of benzene rings is 1. The molecule has 2 amide bonds. The molecule has 0 saturated heterocycles. The highest BCUT2D eigenvalue weighted by Gasteiger charge is 2.41. The second kappa shape index (κ2) is 10.6. The molecular weight excluding hydrogens is 398 g/mol. The summed E-state index contributed by atoms with van der Waals surface area (Å²) in [6.07, 6.45) is 0. The van der Waals surface area contributed by atoms with E-state index < -0.39 is 21.8 Å². The Bertz CT molecular complexity index is 771. The normalized spacial score (nSPS) is 14.6. The lowest BCUT2D eigenvalue weighted by Gasteiger charge is -2.13. The van der Waals surface area contributed by atoms with Crippen LogP contribution >= 0.6 is 12.4 Å². The molecule has 0 aliphatic carbocycles. The van der Waals surface area contributed by atoms with Gasteiger partial charge < -0.3 is 20.1 Å². The summed E-state index contributed by atoms with van der Waals surface area (Å²) in [4.78, 5) is 24.3. The van der Waals surface area contributed by atoms with Gasteiger partial charge in [-0.15, -0.1) is 12.4 Å². The van der Waals surface area contributed by atoms with Crippen molar-refractivity contribution in [2.24, 2.45) is 0 Å². The number of fused-ring (bicyclic) bond motifs is 1. The van der Waals surface area contributed by atoms with Gasteiger partial charge in [0.1, 0.15) is 4.90 Å². The molecule has 1 aromatic carbocycles. The maximum absolute atomic E-state index is 12.5. The number of amides is 2. The number of rotatable bonds is 10. The van der Waals surface area contributed by atoms with E-state index in [0.29, 0.717) is 26.2 Å². The highest BCUT2D eigenvalue weighted by atomic mass is 35.5. The summed E-state index contributed by atoms with van der Waals surface area (Å²) in [7, 11) is -0.935. The van der Waals surface area contributed by atoms with Gasteiger partial charge in [0.05, 0.1) is 25.3 Å². The zero-order chi connectivity index (χ0) is 19.2. The van der Waals surface area contributed by atoms with E-state index in [9.17, 15) is 18.0 Å². The standard InChI is InChI=1S/C16H23N3O6S.ClH/c1-24-9-7-17-5-6-18-15(20)12-3-4-13-14(11-12)26(22,23)19(16(13)21)8-10-25-2;/h3-4,11,17H,5-10H2,1-2H3,(H,18,20);1H. The van der Waals surface area contributed by atoms with Crippen LogP contribution in [0.15, 0.2) is 23.1 Å². The van der Waals surface area contributed by atoms with Gasteiger partial charge in [0, 0.05) is 39.4 Å². The molecule has 1 aliphatic rings. The number of carbonyl (C=O) groups excluding carboxylic acids is 2. The maximum Gasteiger partial charge on any atom is 0.269 e. The van der Waals surface area contributed by atoms with E-state index in [4.69, 9.17) is 9.47 Å². The topological polar surface area (TPSA) is 114 Å². The summed E-state index contributed by atoms with van der Waals surface area (Å²) in [5, 5.41) is 5.78. The maximum atomic E-state index is 12.5. The molecule has 27 heavy (non-hydrogen) atoms. The van der Waals surface area contributed by atoms with Crippen molar-refractivity contribution in [3.05, 3.63) is 29.3 Å². The minimum Gasteiger partial charge on any atom is -0.383 e. The van der Waals surface area contributed by atoms with Crippen LogP contribution in [0.3, 0.4) is 0 Å². The number of hydrogen-bond acceptors (Lipinski definition) is 7. The lowest BCUT2D eigenvalue weighted by molar-refractivity contribution is 0.0835. The number of ether oxygens (including phenoxy) is 2. The molecule has 0 spiro atoms. The predicted molar refractivity (Wildman–Crippen MR) is 101 cm³/mol. The third-order valence-corrected chi connectivity index (χ3v) is 5.66. The average Bonchev–Trinajstić information content (AvgIpc) is 2.82. The Kier molecular flexibility index (Phi) is 9.13. The van der Waals surface area contributed by atoms with Crippen LogP contribution in [0.2, 0.25) is 0 Å². The zero-order valence-electron chi connectivity index (χ0n) is 15.2. The van der Waals surface area contributed by atoms with Crippen LogP contribution in [0.4, 0.5) is 0 Å². The fraction of sp³-hybridized carbons (Fsp3) is 0.500. The molecule has 0 radical (unpaired) electrons. The predicted octanol–water partition coefficient (Wildman–Crippen LogP) is -0.135. The van der Waals surface area contributed by atoms with E-state index in [1.165, 1.54) is 25.3 Å². The van der Waals surface area contributed by atoms with E-state index in [0.717, 1.165) is 4.31 Å². The Morgan fingerprint density at radius 2 is 1.81 bits per heavy atom. The van der Waals surface area contributed by atoms with Gasteiger partial charge in [-0.2, -0.15) is 0 Å². The smallest absolute Gasteiger partial charge is 0.269 e. The first-order valence-electron chi connectivity index (χ1n) is 8.11. The van der Waals surface area contributed by atoms with E-state index in [1.807, 2.05) is 0 Å². The SMILES string of the molecule is COCCNCCNC(=O)c1ccc2c(c1)S(=O)(=O)N(CCOC)C2=O.Cl. The molecule has 1 aliphatic heterocycles. The van der Waals surface area contributed by atoms with Crippen LogP contribution in [-0.2, 0) is 19.5 Å². The van der Waals surface area contributed by atoms with Gasteiger partial charge in [0.25, 0.3) is 21.8 Å². The number of methoxy groups -OCH3 is 2. The number of halogens is 1. The molecule has 0 atom stereocenters. The summed E-state index contributed by atoms with van der Waals surface area (Å²) >= 11 is 0. The lowest BCUT2D eigenvalue weighted by atomic mass is 10.1. The molecule has 0 fully saturated rings. The Balaban J connectivity index is 0.00000364. The van der Waals surface area contributed by atoms with Crippen LogP contribution in [0.25, 0.3) is 0 Å². The fourth-order valence-electron chi connectivity index (χ4n) is 2.48. The molecule has 2 N–H and O–H groups in total.